The summed E-state index contributed by atoms with van der Waals surface area (Å²) in [5, 5.41) is 30.0. The topological polar surface area (TPSA) is 204 Å². The van der Waals surface area contributed by atoms with Crippen LogP contribution in [0, 0.1) is 54.1 Å². The van der Waals surface area contributed by atoms with Crippen molar-refractivity contribution >= 4 is 15.2 Å². The van der Waals surface area contributed by atoms with E-state index in [4.69, 9.17) is 20.7 Å². The first-order valence-corrected chi connectivity index (χ1v) is 10.9. The molecule has 0 radical (unpaired) electrons. The van der Waals surface area contributed by atoms with E-state index in [1.165, 1.54) is 0 Å². The van der Waals surface area contributed by atoms with Gasteiger partial charge in [-0.15, -0.1) is 0 Å². The SMILES string of the molecule is CN(C)P(=O)(N(C)C)N(C)C.CN(C)P(=O)(N(C)C)N(C)C.N#C[O-].N#C[O-].[O-2].[O-2].[U]. The second-order valence-corrected chi connectivity index (χ2v) is 13.1. The minimum Gasteiger partial charge on any atom is -2.00 e. The van der Waals surface area contributed by atoms with Gasteiger partial charge in [-0.1, -0.05) is 0 Å². The van der Waals surface area contributed by atoms with Crippen LogP contribution in [0.3, 0.4) is 0 Å². The van der Waals surface area contributed by atoms with Gasteiger partial charge in [0, 0.05) is 43.6 Å². The molecule has 0 saturated heterocycles. The summed E-state index contributed by atoms with van der Waals surface area (Å²) in [5.74, 6) is 0. The number of hydrogen-bond acceptors (Lipinski definition) is 6. The Balaban J connectivity index is -0.0000000549. The number of nitriles is 2. The molecule has 0 fully saturated rings. The Morgan fingerprint density at radius 1 is 0.516 bits per heavy atom. The Labute approximate surface area is 211 Å². The van der Waals surface area contributed by atoms with Crippen molar-refractivity contribution in [3.8, 4) is 12.5 Å². The van der Waals surface area contributed by atoms with Gasteiger partial charge >= 0.3 is 0 Å². The van der Waals surface area contributed by atoms with Crippen molar-refractivity contribution in [2.75, 3.05) is 84.6 Å². The number of hydrogen-bond donors (Lipinski definition) is 0. The third-order valence-electron chi connectivity index (χ3n) is 3.13. The zero-order valence-electron chi connectivity index (χ0n) is 20.4. The Hall–Kier alpha value is -0.228. The zero-order valence-corrected chi connectivity index (χ0v) is 26.4. The van der Waals surface area contributed by atoms with Gasteiger partial charge in [-0.3, -0.25) is 9.13 Å². The summed E-state index contributed by atoms with van der Waals surface area (Å²) >= 11 is 0. The molecule has 0 aromatic rings. The predicted molar refractivity (Wildman–Crippen MR) is 110 cm³/mol. The molecule has 0 rings (SSSR count). The summed E-state index contributed by atoms with van der Waals surface area (Å²) in [7, 11) is 17.0. The fraction of sp³-hybridized carbons (Fsp3) is 0.857. The van der Waals surface area contributed by atoms with Gasteiger partial charge in [0.1, 0.15) is 0 Å². The van der Waals surface area contributed by atoms with Crippen LogP contribution in [0.2, 0.25) is 0 Å². The Kier molecular flexibility index (Phi) is 38.0. The van der Waals surface area contributed by atoms with Gasteiger partial charge in [0.05, 0.1) is 0 Å². The van der Waals surface area contributed by atoms with Gasteiger partial charge in [-0.05, 0) is 84.6 Å². The van der Waals surface area contributed by atoms with Crippen LogP contribution < -0.4 is 10.2 Å². The van der Waals surface area contributed by atoms with E-state index >= 15 is 0 Å². The minimum atomic E-state index is -2.44. The smallest absolute Gasteiger partial charge is 0.285 e. The average Bonchev–Trinajstić information content (AvgIpc) is 2.53. The van der Waals surface area contributed by atoms with Gasteiger partial charge in [0.15, 0.2) is 0 Å². The van der Waals surface area contributed by atoms with Crippen molar-refractivity contribution in [2.24, 2.45) is 0 Å². The molecule has 31 heavy (non-hydrogen) atoms. The van der Waals surface area contributed by atoms with E-state index in [0.717, 1.165) is 0 Å². The summed E-state index contributed by atoms with van der Waals surface area (Å²) in [6.45, 7) is 0. The van der Waals surface area contributed by atoms with Crippen LogP contribution in [0.25, 0.3) is 0 Å². The molecule has 0 unspecified atom stereocenters. The van der Waals surface area contributed by atoms with Crippen molar-refractivity contribution in [1.82, 2.24) is 28.0 Å². The average molecular weight is 712 g/mol. The molecule has 14 nitrogen and oxygen atoms in total. The summed E-state index contributed by atoms with van der Waals surface area (Å²) < 4.78 is 34.6. The van der Waals surface area contributed by atoms with Crippen LogP contribution in [0.4, 0.5) is 0 Å². The van der Waals surface area contributed by atoms with Crippen LogP contribution in [0.15, 0.2) is 0 Å². The van der Waals surface area contributed by atoms with Crippen LogP contribution in [-0.2, 0) is 20.1 Å². The van der Waals surface area contributed by atoms with Crippen molar-refractivity contribution in [1.29, 1.82) is 10.5 Å². The van der Waals surface area contributed by atoms with Crippen LogP contribution in [0.1, 0.15) is 0 Å². The molecule has 0 aromatic heterocycles. The summed E-state index contributed by atoms with van der Waals surface area (Å²) in [4.78, 5) is 0. The molecule has 0 bridgehead atoms. The molecule has 0 N–H and O–H groups in total. The molecule has 0 aliphatic rings. The largest absolute Gasteiger partial charge is 2.00 e. The monoisotopic (exact) mass is 712 g/mol. The van der Waals surface area contributed by atoms with Crippen LogP contribution in [-0.4, -0.2) is 113 Å². The molecular formula is C14H36N8O6P2U-6. The number of nitrogens with zero attached hydrogens (tertiary/aromatic N) is 8. The first-order valence-electron chi connectivity index (χ1n) is 7.79. The zero-order chi connectivity index (χ0) is 23.9. The standard InChI is InChI=1S/2C6H18N3OP.2CHNO.2O.U/c2*1-7(2)11(10,8(3)4)9(5)6;2*2-1-3;;;/h2*1-6H3;2*3H;;;/q;;;;2*-2;/p-2. The summed E-state index contributed by atoms with van der Waals surface area (Å²) in [6, 6.07) is 0. The van der Waals surface area contributed by atoms with Crippen molar-refractivity contribution < 1.29 is 61.4 Å². The third-order valence-corrected chi connectivity index (χ3v) is 9.38. The van der Waals surface area contributed by atoms with E-state index in [-0.39, 0.29) is 42.1 Å². The van der Waals surface area contributed by atoms with E-state index in [9.17, 15) is 9.13 Å². The van der Waals surface area contributed by atoms with E-state index < -0.39 is 15.2 Å². The van der Waals surface area contributed by atoms with E-state index in [1.807, 2.05) is 84.6 Å². The summed E-state index contributed by atoms with van der Waals surface area (Å²) in [5.41, 5.74) is 0. The van der Waals surface area contributed by atoms with Gasteiger partial charge in [-0.2, -0.15) is 0 Å². The first-order chi connectivity index (χ1) is 12.5. The van der Waals surface area contributed by atoms with Gasteiger partial charge in [0.25, 0.3) is 15.2 Å². The maximum atomic E-state index is 12.1. The van der Waals surface area contributed by atoms with Crippen molar-refractivity contribution in [3.05, 3.63) is 0 Å². The van der Waals surface area contributed by atoms with Gasteiger partial charge in [-0.25, -0.2) is 38.5 Å². The molecule has 188 valence electrons. The molecule has 0 saturated carbocycles. The quantitative estimate of drug-likeness (QED) is 0.240. The van der Waals surface area contributed by atoms with E-state index in [2.05, 4.69) is 0 Å². The van der Waals surface area contributed by atoms with E-state index in [0.29, 0.717) is 12.5 Å². The molecule has 0 amide bonds. The maximum Gasteiger partial charge on any atom is 0.285 e. The summed E-state index contributed by atoms with van der Waals surface area (Å²) in [6.07, 6.45) is 1.00. The fourth-order valence-corrected chi connectivity index (χ4v) is 6.44. The molecule has 17 heteroatoms. The molecule has 0 spiro atoms. The third kappa shape index (κ3) is 17.9. The second-order valence-electron chi connectivity index (χ2n) is 6.29. The fourth-order valence-electron chi connectivity index (χ4n) is 2.15. The normalized spacial score (nSPS) is 10.1. The maximum absolute atomic E-state index is 12.1. The minimum absolute atomic E-state index is 0. The van der Waals surface area contributed by atoms with Gasteiger partial charge < -0.3 is 21.2 Å². The second kappa shape index (κ2) is 24.4. The Morgan fingerprint density at radius 3 is 0.581 bits per heavy atom. The Morgan fingerprint density at radius 2 is 0.581 bits per heavy atom. The van der Waals surface area contributed by atoms with Gasteiger partial charge in [0.2, 0.25) is 0 Å². The Bertz CT molecular complexity index is 473. The predicted octanol–water partition coefficient (Wildman–Crippen LogP) is -1.02. The molecule has 0 heterocycles. The first kappa shape index (κ1) is 48.3. The molecule has 0 atom stereocenters. The van der Waals surface area contributed by atoms with E-state index in [1.54, 1.807) is 28.0 Å². The van der Waals surface area contributed by atoms with Crippen LogP contribution in [0.5, 0.6) is 0 Å². The molecular weight excluding hydrogens is 676 g/mol. The molecule has 0 aliphatic heterocycles. The molecule has 0 aromatic carbocycles. The van der Waals surface area contributed by atoms with Crippen molar-refractivity contribution in [3.63, 3.8) is 0 Å². The van der Waals surface area contributed by atoms with Crippen molar-refractivity contribution in [2.45, 2.75) is 0 Å². The molecule has 0 aliphatic carbocycles. The number of rotatable bonds is 6. The van der Waals surface area contributed by atoms with Crippen LogP contribution >= 0.6 is 15.2 Å².